The topological polar surface area (TPSA) is 38.3 Å². The number of rotatable bonds is 4. The smallest absolute Gasteiger partial charge is 0.259 e. The van der Waals surface area contributed by atoms with Gasteiger partial charge in [-0.25, -0.2) is 0 Å². The van der Waals surface area contributed by atoms with E-state index in [1.807, 2.05) is 31.2 Å². The SMILES string of the molecule is CCOc1ccc(Cl)cc1C(=O)Nc1ccc(I)cc1. The molecule has 2 rings (SSSR count). The molecule has 3 nitrogen and oxygen atoms in total. The number of amides is 1. The van der Waals surface area contributed by atoms with Crippen LogP contribution in [0.15, 0.2) is 42.5 Å². The van der Waals surface area contributed by atoms with Crippen LogP contribution in [0.4, 0.5) is 5.69 Å². The summed E-state index contributed by atoms with van der Waals surface area (Å²) in [4.78, 5) is 12.3. The van der Waals surface area contributed by atoms with E-state index in [1.165, 1.54) is 0 Å². The van der Waals surface area contributed by atoms with E-state index >= 15 is 0 Å². The number of ether oxygens (including phenoxy) is 1. The van der Waals surface area contributed by atoms with Crippen molar-refractivity contribution in [2.75, 3.05) is 11.9 Å². The number of benzene rings is 2. The Morgan fingerprint density at radius 2 is 1.95 bits per heavy atom. The molecule has 0 aliphatic rings. The first-order valence-electron chi connectivity index (χ1n) is 6.09. The zero-order chi connectivity index (χ0) is 14.5. The van der Waals surface area contributed by atoms with Gasteiger partial charge in [0.15, 0.2) is 0 Å². The molecule has 0 bridgehead atoms. The quantitative estimate of drug-likeness (QED) is 0.761. The first kappa shape index (κ1) is 15.1. The highest BCUT2D eigenvalue weighted by atomic mass is 127. The Morgan fingerprint density at radius 1 is 1.25 bits per heavy atom. The van der Waals surface area contributed by atoms with Crippen molar-refractivity contribution >= 4 is 45.8 Å². The van der Waals surface area contributed by atoms with Crippen LogP contribution in [-0.4, -0.2) is 12.5 Å². The average molecular weight is 402 g/mol. The Kier molecular flexibility index (Phi) is 5.25. The van der Waals surface area contributed by atoms with E-state index < -0.39 is 0 Å². The minimum atomic E-state index is -0.239. The van der Waals surface area contributed by atoms with Gasteiger partial charge in [-0.3, -0.25) is 4.79 Å². The normalized spacial score (nSPS) is 10.2. The number of halogens is 2. The van der Waals surface area contributed by atoms with Crippen LogP contribution in [-0.2, 0) is 0 Å². The lowest BCUT2D eigenvalue weighted by Crippen LogP contribution is -2.13. The van der Waals surface area contributed by atoms with Gasteiger partial charge < -0.3 is 10.1 Å². The van der Waals surface area contributed by atoms with Crippen molar-refractivity contribution in [3.8, 4) is 5.75 Å². The Labute approximate surface area is 136 Å². The van der Waals surface area contributed by atoms with E-state index in [-0.39, 0.29) is 5.91 Å². The van der Waals surface area contributed by atoms with Crippen molar-refractivity contribution in [3.63, 3.8) is 0 Å². The summed E-state index contributed by atoms with van der Waals surface area (Å²) in [5, 5.41) is 3.33. The van der Waals surface area contributed by atoms with Gasteiger partial charge in [0.25, 0.3) is 5.91 Å². The zero-order valence-electron chi connectivity index (χ0n) is 10.8. The molecule has 0 aliphatic heterocycles. The fourth-order valence-corrected chi connectivity index (χ4v) is 2.22. The highest BCUT2D eigenvalue weighted by Crippen LogP contribution is 2.24. The summed E-state index contributed by atoms with van der Waals surface area (Å²) in [6, 6.07) is 12.6. The molecule has 5 heteroatoms. The maximum atomic E-state index is 12.3. The third-order valence-electron chi connectivity index (χ3n) is 2.59. The van der Waals surface area contributed by atoms with E-state index in [4.69, 9.17) is 16.3 Å². The summed E-state index contributed by atoms with van der Waals surface area (Å²) in [6.45, 7) is 2.36. The second-order valence-electron chi connectivity index (χ2n) is 4.03. The van der Waals surface area contributed by atoms with Gasteiger partial charge in [-0.2, -0.15) is 0 Å². The van der Waals surface area contributed by atoms with Crippen LogP contribution in [0.25, 0.3) is 0 Å². The largest absolute Gasteiger partial charge is 0.493 e. The first-order valence-corrected chi connectivity index (χ1v) is 7.55. The minimum absolute atomic E-state index is 0.239. The molecule has 1 amide bonds. The van der Waals surface area contributed by atoms with Gasteiger partial charge in [0.2, 0.25) is 0 Å². The third-order valence-corrected chi connectivity index (χ3v) is 3.54. The molecule has 0 saturated carbocycles. The molecular formula is C15H13ClINO2. The van der Waals surface area contributed by atoms with E-state index in [0.717, 1.165) is 9.26 Å². The van der Waals surface area contributed by atoms with E-state index in [0.29, 0.717) is 22.9 Å². The number of hydrogen-bond donors (Lipinski definition) is 1. The Balaban J connectivity index is 2.23. The van der Waals surface area contributed by atoms with Gasteiger partial charge in [-0.05, 0) is 72.0 Å². The molecule has 0 saturated heterocycles. The maximum Gasteiger partial charge on any atom is 0.259 e. The molecule has 2 aromatic rings. The number of anilines is 1. The summed E-state index contributed by atoms with van der Waals surface area (Å²) in [5.74, 6) is 0.289. The van der Waals surface area contributed by atoms with Gasteiger partial charge in [0.05, 0.1) is 12.2 Å². The molecule has 0 heterocycles. The van der Waals surface area contributed by atoms with Gasteiger partial charge in [-0.1, -0.05) is 11.6 Å². The van der Waals surface area contributed by atoms with Crippen molar-refractivity contribution in [1.29, 1.82) is 0 Å². The van der Waals surface area contributed by atoms with Crippen molar-refractivity contribution in [3.05, 3.63) is 56.6 Å². The van der Waals surface area contributed by atoms with Crippen LogP contribution < -0.4 is 10.1 Å². The molecule has 0 aliphatic carbocycles. The summed E-state index contributed by atoms with van der Waals surface area (Å²) >= 11 is 8.16. The number of carbonyl (C=O) groups excluding carboxylic acids is 1. The van der Waals surface area contributed by atoms with Crippen molar-refractivity contribution in [2.24, 2.45) is 0 Å². The lowest BCUT2D eigenvalue weighted by molar-refractivity contribution is 0.102. The van der Waals surface area contributed by atoms with Gasteiger partial charge in [-0.15, -0.1) is 0 Å². The molecule has 0 radical (unpaired) electrons. The fourth-order valence-electron chi connectivity index (χ4n) is 1.69. The monoisotopic (exact) mass is 401 g/mol. The average Bonchev–Trinajstić information content (AvgIpc) is 2.43. The minimum Gasteiger partial charge on any atom is -0.493 e. The number of hydrogen-bond acceptors (Lipinski definition) is 2. The first-order chi connectivity index (χ1) is 9.60. The molecule has 2 aromatic carbocycles. The van der Waals surface area contributed by atoms with Crippen LogP contribution in [0, 0.1) is 3.57 Å². The fraction of sp³-hybridized carbons (Fsp3) is 0.133. The second kappa shape index (κ2) is 6.95. The molecule has 1 N–H and O–H groups in total. The van der Waals surface area contributed by atoms with E-state index in [1.54, 1.807) is 18.2 Å². The van der Waals surface area contributed by atoms with Crippen LogP contribution in [0.3, 0.4) is 0 Å². The molecule has 0 fully saturated rings. The van der Waals surface area contributed by atoms with Crippen LogP contribution in [0.5, 0.6) is 5.75 Å². The third kappa shape index (κ3) is 3.86. The summed E-state index contributed by atoms with van der Waals surface area (Å²) in [6.07, 6.45) is 0. The summed E-state index contributed by atoms with van der Waals surface area (Å²) in [5.41, 5.74) is 1.16. The summed E-state index contributed by atoms with van der Waals surface area (Å²) in [7, 11) is 0. The Morgan fingerprint density at radius 3 is 2.60 bits per heavy atom. The lowest BCUT2D eigenvalue weighted by atomic mass is 10.2. The van der Waals surface area contributed by atoms with Crippen LogP contribution >= 0.6 is 34.2 Å². The highest BCUT2D eigenvalue weighted by molar-refractivity contribution is 14.1. The van der Waals surface area contributed by atoms with Gasteiger partial charge in [0, 0.05) is 14.3 Å². The molecule has 104 valence electrons. The standard InChI is InChI=1S/C15H13ClINO2/c1-2-20-14-8-3-10(16)9-13(14)15(19)18-12-6-4-11(17)5-7-12/h3-9H,2H2,1H3,(H,18,19). The van der Waals surface area contributed by atoms with E-state index in [9.17, 15) is 4.79 Å². The number of carbonyl (C=O) groups is 1. The van der Waals surface area contributed by atoms with Crippen molar-refractivity contribution in [2.45, 2.75) is 6.92 Å². The second-order valence-corrected chi connectivity index (χ2v) is 5.72. The molecule has 0 aromatic heterocycles. The molecule has 0 unspecified atom stereocenters. The lowest BCUT2D eigenvalue weighted by Gasteiger charge is -2.11. The van der Waals surface area contributed by atoms with Gasteiger partial charge >= 0.3 is 0 Å². The molecule has 0 atom stereocenters. The Hall–Kier alpha value is -1.27. The van der Waals surface area contributed by atoms with Crippen molar-refractivity contribution < 1.29 is 9.53 Å². The Bertz CT molecular complexity index is 614. The highest BCUT2D eigenvalue weighted by Gasteiger charge is 2.13. The van der Waals surface area contributed by atoms with E-state index in [2.05, 4.69) is 27.9 Å². The van der Waals surface area contributed by atoms with Crippen molar-refractivity contribution in [1.82, 2.24) is 0 Å². The summed E-state index contributed by atoms with van der Waals surface area (Å²) < 4.78 is 6.56. The maximum absolute atomic E-state index is 12.3. The predicted molar refractivity (Wildman–Crippen MR) is 89.7 cm³/mol. The molecular weight excluding hydrogens is 389 g/mol. The van der Waals surface area contributed by atoms with Gasteiger partial charge in [0.1, 0.15) is 5.75 Å². The van der Waals surface area contributed by atoms with Crippen LogP contribution in [0.2, 0.25) is 5.02 Å². The zero-order valence-corrected chi connectivity index (χ0v) is 13.7. The molecule has 20 heavy (non-hydrogen) atoms. The number of nitrogens with one attached hydrogen (secondary N) is 1. The predicted octanol–water partition coefficient (Wildman–Crippen LogP) is 4.60. The molecule has 0 spiro atoms. The van der Waals surface area contributed by atoms with Crippen LogP contribution in [0.1, 0.15) is 17.3 Å².